The summed E-state index contributed by atoms with van der Waals surface area (Å²) in [6.07, 6.45) is 9.15. The molecule has 2 N–H and O–H groups in total. The van der Waals surface area contributed by atoms with Crippen molar-refractivity contribution < 1.29 is 19.8 Å². The molecule has 6 rings (SSSR count). The molecule has 5 fully saturated rings. The zero-order valence-corrected chi connectivity index (χ0v) is 15.9. The molecule has 0 radical (unpaired) electrons. The van der Waals surface area contributed by atoms with Crippen molar-refractivity contribution in [3.05, 3.63) is 11.6 Å². The van der Waals surface area contributed by atoms with E-state index in [1.807, 2.05) is 6.08 Å². The van der Waals surface area contributed by atoms with Crippen LogP contribution in [0.5, 0.6) is 0 Å². The van der Waals surface area contributed by atoms with E-state index >= 15 is 0 Å². The summed E-state index contributed by atoms with van der Waals surface area (Å²) in [4.78, 5) is 12.1. The number of carbonyl (C=O) groups excluding carboxylic acids is 1. The van der Waals surface area contributed by atoms with Crippen molar-refractivity contribution in [3.8, 4) is 0 Å². The van der Waals surface area contributed by atoms with Crippen LogP contribution in [-0.2, 0) is 9.53 Å². The SMILES string of the molecule is C[C@]12CCC3C(CC(O)C4=C/C(=N/O)CC[C@@H]43)C1C1CC1[C@@]21CCC(=O)O1. The van der Waals surface area contributed by atoms with Gasteiger partial charge in [-0.2, -0.15) is 0 Å². The number of allylic oxidation sites excluding steroid dienone is 1. The van der Waals surface area contributed by atoms with Crippen molar-refractivity contribution in [1.82, 2.24) is 0 Å². The van der Waals surface area contributed by atoms with E-state index < -0.39 is 6.10 Å². The summed E-state index contributed by atoms with van der Waals surface area (Å²) in [7, 11) is 0. The fourth-order valence-electron chi connectivity index (χ4n) is 8.64. The molecule has 0 aromatic carbocycles. The van der Waals surface area contributed by atoms with Gasteiger partial charge in [0.15, 0.2) is 0 Å². The number of nitrogens with zero attached hydrogens (tertiary/aromatic N) is 1. The van der Waals surface area contributed by atoms with Gasteiger partial charge in [0.25, 0.3) is 0 Å². The van der Waals surface area contributed by atoms with Crippen molar-refractivity contribution in [2.24, 2.45) is 46.1 Å². The van der Waals surface area contributed by atoms with Crippen molar-refractivity contribution in [1.29, 1.82) is 0 Å². The van der Waals surface area contributed by atoms with Crippen LogP contribution in [0.15, 0.2) is 16.8 Å². The van der Waals surface area contributed by atoms with Gasteiger partial charge in [0, 0.05) is 17.8 Å². The van der Waals surface area contributed by atoms with Gasteiger partial charge < -0.3 is 15.1 Å². The molecule has 5 aliphatic carbocycles. The van der Waals surface area contributed by atoms with Gasteiger partial charge in [-0.3, -0.25) is 4.79 Å². The molecular formula is C22H29NO4. The van der Waals surface area contributed by atoms with Gasteiger partial charge in [0.05, 0.1) is 11.8 Å². The molecule has 6 aliphatic rings. The maximum Gasteiger partial charge on any atom is 0.306 e. The van der Waals surface area contributed by atoms with E-state index in [1.165, 1.54) is 6.42 Å². The number of esters is 1. The van der Waals surface area contributed by atoms with Gasteiger partial charge in [-0.25, -0.2) is 0 Å². The van der Waals surface area contributed by atoms with E-state index in [0.717, 1.165) is 44.1 Å². The average Bonchev–Trinajstić information content (AvgIpc) is 3.30. The molecule has 6 unspecified atom stereocenters. The van der Waals surface area contributed by atoms with Crippen LogP contribution >= 0.6 is 0 Å². The van der Waals surface area contributed by atoms with Crippen molar-refractivity contribution in [3.63, 3.8) is 0 Å². The molecule has 1 saturated heterocycles. The lowest BCUT2D eigenvalue weighted by molar-refractivity contribution is -0.175. The van der Waals surface area contributed by atoms with Crippen molar-refractivity contribution >= 4 is 11.7 Å². The van der Waals surface area contributed by atoms with Crippen LogP contribution in [-0.4, -0.2) is 33.7 Å². The van der Waals surface area contributed by atoms with Crippen molar-refractivity contribution in [2.45, 2.75) is 70.0 Å². The number of hydrogen-bond acceptors (Lipinski definition) is 5. The molecule has 0 amide bonds. The number of ether oxygens (including phenoxy) is 1. The predicted molar refractivity (Wildman–Crippen MR) is 98.1 cm³/mol. The van der Waals surface area contributed by atoms with E-state index in [1.54, 1.807) is 0 Å². The molecule has 4 saturated carbocycles. The zero-order chi connectivity index (χ0) is 18.6. The van der Waals surface area contributed by atoms with E-state index in [4.69, 9.17) is 9.94 Å². The first-order valence-electron chi connectivity index (χ1n) is 10.8. The number of fused-ring (bicyclic) bond motifs is 9. The smallest absolute Gasteiger partial charge is 0.306 e. The van der Waals surface area contributed by atoms with E-state index in [-0.39, 0.29) is 17.0 Å². The molecule has 5 nitrogen and oxygen atoms in total. The molecule has 0 bridgehead atoms. The molecule has 1 spiro atoms. The van der Waals surface area contributed by atoms with Crippen molar-refractivity contribution in [2.75, 3.05) is 0 Å². The molecule has 146 valence electrons. The molecular weight excluding hydrogens is 342 g/mol. The second-order valence-corrected chi connectivity index (χ2v) is 10.3. The molecule has 0 aromatic rings. The van der Waals surface area contributed by atoms with E-state index in [9.17, 15) is 9.90 Å². The van der Waals surface area contributed by atoms with Crippen LogP contribution in [0.2, 0.25) is 0 Å². The highest BCUT2D eigenvalue weighted by atomic mass is 16.6. The fraction of sp³-hybridized carbons (Fsp3) is 0.818. The Hall–Kier alpha value is -1.36. The molecule has 1 aliphatic heterocycles. The van der Waals surface area contributed by atoms with Gasteiger partial charge in [-0.15, -0.1) is 0 Å². The summed E-state index contributed by atoms with van der Waals surface area (Å²) >= 11 is 0. The summed E-state index contributed by atoms with van der Waals surface area (Å²) in [5.74, 6) is 3.40. The first-order valence-corrected chi connectivity index (χ1v) is 10.8. The third kappa shape index (κ3) is 1.89. The summed E-state index contributed by atoms with van der Waals surface area (Å²) in [6, 6.07) is 0. The van der Waals surface area contributed by atoms with E-state index in [2.05, 4.69) is 12.1 Å². The zero-order valence-electron chi connectivity index (χ0n) is 15.9. The lowest BCUT2D eigenvalue weighted by Crippen LogP contribution is -2.56. The van der Waals surface area contributed by atoms with Gasteiger partial charge in [-0.1, -0.05) is 12.1 Å². The Balaban J connectivity index is 1.37. The normalized spacial score (nSPS) is 56.8. The lowest BCUT2D eigenvalue weighted by atomic mass is 9.48. The van der Waals surface area contributed by atoms with Gasteiger partial charge in [0.1, 0.15) is 5.60 Å². The quantitative estimate of drug-likeness (QED) is 0.389. The van der Waals surface area contributed by atoms with Crippen LogP contribution in [0.3, 0.4) is 0 Å². The van der Waals surface area contributed by atoms with E-state index in [0.29, 0.717) is 47.6 Å². The fourth-order valence-corrected chi connectivity index (χ4v) is 8.64. The Bertz CT molecular complexity index is 774. The summed E-state index contributed by atoms with van der Waals surface area (Å²) in [5, 5.41) is 23.5. The second-order valence-electron chi connectivity index (χ2n) is 10.3. The first-order chi connectivity index (χ1) is 13.0. The number of oxime groups is 1. The Morgan fingerprint density at radius 1 is 1.15 bits per heavy atom. The van der Waals surface area contributed by atoms with Crippen LogP contribution in [0, 0.1) is 40.9 Å². The standard InChI is InChI=1S/C22H29NO4/c1-21-6-4-13-12-3-2-11(23-26)8-14(12)18(24)10-15(13)20(21)16-9-17(16)22(21)7-5-19(25)27-22/h8,12-13,15-18,20,24,26H,2-7,9-10H2,1H3/b23-11+/t12-,13?,15?,16?,17?,18?,20?,21+,22+/m1/s1. The summed E-state index contributed by atoms with van der Waals surface area (Å²) in [5.41, 5.74) is 1.68. The second kappa shape index (κ2) is 5.16. The Kier molecular flexibility index (Phi) is 3.17. The molecule has 1 heterocycles. The Morgan fingerprint density at radius 2 is 2.00 bits per heavy atom. The molecule has 27 heavy (non-hydrogen) atoms. The average molecular weight is 371 g/mol. The monoisotopic (exact) mass is 371 g/mol. The molecule has 0 aromatic heterocycles. The first kappa shape index (κ1) is 16.6. The minimum absolute atomic E-state index is 0.00153. The lowest BCUT2D eigenvalue weighted by Gasteiger charge is -2.57. The number of aliphatic hydroxyl groups excluding tert-OH is 1. The van der Waals surface area contributed by atoms with Gasteiger partial charge >= 0.3 is 5.97 Å². The maximum atomic E-state index is 12.1. The number of rotatable bonds is 0. The topological polar surface area (TPSA) is 79.1 Å². The predicted octanol–water partition coefficient (Wildman–Crippen LogP) is 3.29. The minimum atomic E-state index is -0.421. The van der Waals surface area contributed by atoms with Gasteiger partial charge in [-0.05, 0) is 86.2 Å². The number of carbonyl (C=O) groups is 1. The maximum absolute atomic E-state index is 12.1. The van der Waals surface area contributed by atoms with Gasteiger partial charge in [0.2, 0.25) is 0 Å². The molecule has 9 atom stereocenters. The Labute approximate surface area is 159 Å². The van der Waals surface area contributed by atoms with Crippen LogP contribution in [0.25, 0.3) is 0 Å². The highest BCUT2D eigenvalue weighted by Gasteiger charge is 2.78. The third-order valence-corrected chi connectivity index (χ3v) is 9.61. The highest BCUT2D eigenvalue weighted by molar-refractivity contribution is 5.96. The highest BCUT2D eigenvalue weighted by Crippen LogP contribution is 2.78. The summed E-state index contributed by atoms with van der Waals surface area (Å²) in [6.45, 7) is 2.40. The minimum Gasteiger partial charge on any atom is -0.458 e. The summed E-state index contributed by atoms with van der Waals surface area (Å²) < 4.78 is 6.12. The van der Waals surface area contributed by atoms with Crippen LogP contribution in [0.1, 0.15) is 58.3 Å². The third-order valence-electron chi connectivity index (χ3n) is 9.61. The Morgan fingerprint density at radius 3 is 2.74 bits per heavy atom. The van der Waals surface area contributed by atoms with Crippen LogP contribution in [0.4, 0.5) is 0 Å². The largest absolute Gasteiger partial charge is 0.458 e. The number of aliphatic hydroxyl groups is 1. The number of hydrogen-bond donors (Lipinski definition) is 2. The molecule has 5 heteroatoms. The van der Waals surface area contributed by atoms with Crippen LogP contribution < -0.4 is 0 Å².